The first-order valence-corrected chi connectivity index (χ1v) is 6.06. The summed E-state index contributed by atoms with van der Waals surface area (Å²) in [7, 11) is 3.56. The fraction of sp³-hybridized carbons (Fsp3) is 0.286. The highest BCUT2D eigenvalue weighted by molar-refractivity contribution is 5.60. The Morgan fingerprint density at radius 2 is 1.89 bits per heavy atom. The lowest BCUT2D eigenvalue weighted by atomic mass is 10.2. The van der Waals surface area contributed by atoms with E-state index < -0.39 is 0 Å². The van der Waals surface area contributed by atoms with Gasteiger partial charge in [0.1, 0.15) is 11.6 Å². The number of rotatable bonds is 4. The Kier molecular flexibility index (Phi) is 3.97. The third kappa shape index (κ3) is 3.00. The Labute approximate surface area is 113 Å². The van der Waals surface area contributed by atoms with E-state index in [2.05, 4.69) is 9.97 Å². The summed E-state index contributed by atoms with van der Waals surface area (Å²) in [6.45, 7) is 2.39. The van der Waals surface area contributed by atoms with Crippen molar-refractivity contribution >= 4 is 11.5 Å². The predicted molar refractivity (Wildman–Crippen MR) is 75.7 cm³/mol. The zero-order valence-electron chi connectivity index (χ0n) is 11.4. The molecule has 0 fully saturated rings. The van der Waals surface area contributed by atoms with E-state index in [4.69, 9.17) is 10.5 Å². The van der Waals surface area contributed by atoms with Gasteiger partial charge in [0.05, 0.1) is 7.11 Å². The summed E-state index contributed by atoms with van der Waals surface area (Å²) >= 11 is 0. The largest absolute Gasteiger partial charge is 0.481 e. The fourth-order valence-corrected chi connectivity index (χ4v) is 1.79. The molecule has 0 saturated heterocycles. The van der Waals surface area contributed by atoms with Crippen LogP contribution in [0.4, 0.5) is 11.5 Å². The number of aromatic nitrogens is 2. The Morgan fingerprint density at radius 1 is 1.21 bits per heavy atom. The van der Waals surface area contributed by atoms with Gasteiger partial charge in [-0.1, -0.05) is 12.1 Å². The van der Waals surface area contributed by atoms with Crippen molar-refractivity contribution in [1.29, 1.82) is 0 Å². The summed E-state index contributed by atoms with van der Waals surface area (Å²) in [6.07, 6.45) is 0. The second-order valence-corrected chi connectivity index (χ2v) is 4.25. The van der Waals surface area contributed by atoms with Crippen LogP contribution in [0.25, 0.3) is 0 Å². The smallest absolute Gasteiger partial charge is 0.218 e. The Hall–Kier alpha value is -2.14. The van der Waals surface area contributed by atoms with Crippen molar-refractivity contribution < 1.29 is 4.74 Å². The highest BCUT2D eigenvalue weighted by Gasteiger charge is 2.08. The molecule has 1 aromatic heterocycles. The lowest BCUT2D eigenvalue weighted by molar-refractivity contribution is 0.395. The topological polar surface area (TPSA) is 64.3 Å². The molecule has 0 amide bonds. The van der Waals surface area contributed by atoms with Crippen molar-refractivity contribution in [2.45, 2.75) is 13.5 Å². The average Bonchev–Trinajstić information content (AvgIpc) is 2.46. The lowest BCUT2D eigenvalue weighted by Crippen LogP contribution is -2.12. The van der Waals surface area contributed by atoms with Gasteiger partial charge in [-0.2, -0.15) is 4.98 Å². The molecule has 5 nitrogen and oxygen atoms in total. The van der Waals surface area contributed by atoms with E-state index >= 15 is 0 Å². The van der Waals surface area contributed by atoms with Crippen LogP contribution in [0.5, 0.6) is 5.88 Å². The maximum Gasteiger partial charge on any atom is 0.218 e. The van der Waals surface area contributed by atoms with Crippen molar-refractivity contribution in [3.8, 4) is 5.88 Å². The van der Waals surface area contributed by atoms with Crippen molar-refractivity contribution in [3.05, 3.63) is 41.7 Å². The van der Waals surface area contributed by atoms with Crippen LogP contribution in [-0.4, -0.2) is 24.1 Å². The molecule has 19 heavy (non-hydrogen) atoms. The molecule has 5 heteroatoms. The van der Waals surface area contributed by atoms with Crippen molar-refractivity contribution in [1.82, 2.24) is 9.97 Å². The molecule has 0 spiro atoms. The molecule has 2 N–H and O–H groups in total. The lowest BCUT2D eigenvalue weighted by Gasteiger charge is -2.19. The molecular weight excluding hydrogens is 240 g/mol. The first kappa shape index (κ1) is 13.3. The minimum absolute atomic E-state index is 0.546. The highest BCUT2D eigenvalue weighted by atomic mass is 16.5. The van der Waals surface area contributed by atoms with E-state index in [-0.39, 0.29) is 0 Å². The molecule has 0 aliphatic carbocycles. The van der Waals surface area contributed by atoms with E-state index in [1.165, 1.54) is 0 Å². The summed E-state index contributed by atoms with van der Waals surface area (Å²) in [4.78, 5) is 10.6. The zero-order chi connectivity index (χ0) is 13.8. The van der Waals surface area contributed by atoms with Gasteiger partial charge >= 0.3 is 0 Å². The van der Waals surface area contributed by atoms with Gasteiger partial charge < -0.3 is 15.4 Å². The number of ether oxygens (including phenoxy) is 1. The molecule has 0 atom stereocenters. The van der Waals surface area contributed by atoms with E-state index in [0.717, 1.165) is 17.1 Å². The number of hydrogen-bond donors (Lipinski definition) is 1. The Morgan fingerprint density at radius 3 is 2.47 bits per heavy atom. The number of methoxy groups -OCH3 is 1. The van der Waals surface area contributed by atoms with Crippen LogP contribution in [0.15, 0.2) is 30.3 Å². The quantitative estimate of drug-likeness (QED) is 0.909. The van der Waals surface area contributed by atoms with Crippen LogP contribution in [0.1, 0.15) is 11.4 Å². The third-order valence-corrected chi connectivity index (χ3v) is 2.91. The summed E-state index contributed by atoms with van der Waals surface area (Å²) in [5.74, 6) is 2.04. The van der Waals surface area contributed by atoms with Crippen LogP contribution in [0.3, 0.4) is 0 Å². The Bertz CT molecular complexity index is 554. The van der Waals surface area contributed by atoms with Gasteiger partial charge in [-0.05, 0) is 24.6 Å². The van der Waals surface area contributed by atoms with Gasteiger partial charge in [0.15, 0.2) is 0 Å². The van der Waals surface area contributed by atoms with Crippen LogP contribution in [-0.2, 0) is 6.54 Å². The van der Waals surface area contributed by atoms with Gasteiger partial charge in [-0.25, -0.2) is 4.98 Å². The standard InChI is InChI=1S/C14H18N4O/c1-10-16-13(8-14(17-10)19-3)18(2)12-6-4-11(9-15)5-7-12/h4-8H,9,15H2,1-3H3. The van der Waals surface area contributed by atoms with Crippen molar-refractivity contribution in [2.24, 2.45) is 5.73 Å². The molecule has 100 valence electrons. The van der Waals surface area contributed by atoms with Crippen LogP contribution in [0.2, 0.25) is 0 Å². The summed E-state index contributed by atoms with van der Waals surface area (Å²) in [6, 6.07) is 9.87. The van der Waals surface area contributed by atoms with E-state index in [1.807, 2.05) is 49.2 Å². The van der Waals surface area contributed by atoms with Gasteiger partial charge in [-0.3, -0.25) is 0 Å². The zero-order valence-corrected chi connectivity index (χ0v) is 11.4. The number of nitrogens with zero attached hydrogens (tertiary/aromatic N) is 3. The molecule has 0 radical (unpaired) electrons. The molecule has 2 aromatic rings. The first-order valence-electron chi connectivity index (χ1n) is 6.06. The normalized spacial score (nSPS) is 10.3. The second-order valence-electron chi connectivity index (χ2n) is 4.25. The molecule has 0 bridgehead atoms. The molecular formula is C14H18N4O. The molecule has 0 aliphatic heterocycles. The highest BCUT2D eigenvalue weighted by Crippen LogP contribution is 2.24. The number of benzene rings is 1. The SMILES string of the molecule is COc1cc(N(C)c2ccc(CN)cc2)nc(C)n1. The number of anilines is 2. The van der Waals surface area contributed by atoms with E-state index in [9.17, 15) is 0 Å². The number of nitrogens with two attached hydrogens (primary N) is 1. The van der Waals surface area contributed by atoms with Crippen LogP contribution < -0.4 is 15.4 Å². The summed E-state index contributed by atoms with van der Waals surface area (Å²) in [5, 5.41) is 0. The van der Waals surface area contributed by atoms with Crippen LogP contribution >= 0.6 is 0 Å². The first-order chi connectivity index (χ1) is 9.13. The molecule has 0 saturated carbocycles. The van der Waals surface area contributed by atoms with Gasteiger partial charge in [0.2, 0.25) is 5.88 Å². The number of aryl methyl sites for hydroxylation is 1. The minimum atomic E-state index is 0.546. The third-order valence-electron chi connectivity index (χ3n) is 2.91. The number of hydrogen-bond acceptors (Lipinski definition) is 5. The molecule has 1 aromatic carbocycles. The molecule has 2 rings (SSSR count). The second kappa shape index (κ2) is 5.67. The predicted octanol–water partition coefficient (Wildman–Crippen LogP) is 2.02. The molecule has 1 heterocycles. The monoisotopic (exact) mass is 258 g/mol. The summed E-state index contributed by atoms with van der Waals surface area (Å²) < 4.78 is 5.16. The van der Waals surface area contributed by atoms with E-state index in [1.54, 1.807) is 7.11 Å². The van der Waals surface area contributed by atoms with Crippen LogP contribution in [0, 0.1) is 6.92 Å². The molecule has 0 aliphatic rings. The minimum Gasteiger partial charge on any atom is -0.481 e. The van der Waals surface area contributed by atoms with E-state index in [0.29, 0.717) is 18.2 Å². The van der Waals surface area contributed by atoms with Crippen molar-refractivity contribution in [3.63, 3.8) is 0 Å². The average molecular weight is 258 g/mol. The van der Waals surface area contributed by atoms with Gasteiger partial charge in [0, 0.05) is 25.3 Å². The maximum atomic E-state index is 5.59. The van der Waals surface area contributed by atoms with Crippen molar-refractivity contribution in [2.75, 3.05) is 19.1 Å². The van der Waals surface area contributed by atoms with Gasteiger partial charge in [-0.15, -0.1) is 0 Å². The van der Waals surface area contributed by atoms with Gasteiger partial charge in [0.25, 0.3) is 0 Å². The fourth-order valence-electron chi connectivity index (χ4n) is 1.79. The summed E-state index contributed by atoms with van der Waals surface area (Å²) in [5.41, 5.74) is 7.74. The molecule has 0 unspecified atom stereocenters. The maximum absolute atomic E-state index is 5.59. The Balaban J connectivity index is 2.31.